The number of carbonyl (C=O) groups excluding carboxylic acids is 2. The second-order valence-corrected chi connectivity index (χ2v) is 11.9. The molecule has 0 saturated carbocycles. The first-order chi connectivity index (χ1) is 17.9. The van der Waals surface area contributed by atoms with Crippen molar-refractivity contribution in [2.75, 3.05) is 17.1 Å². The summed E-state index contributed by atoms with van der Waals surface area (Å²) in [6.45, 7) is 7.30. The van der Waals surface area contributed by atoms with E-state index in [1.54, 1.807) is 18.2 Å². The van der Waals surface area contributed by atoms with Gasteiger partial charge in [0, 0.05) is 19.0 Å². The second-order valence-electron chi connectivity index (χ2n) is 9.99. The predicted octanol–water partition coefficient (Wildman–Crippen LogP) is 4.23. The van der Waals surface area contributed by atoms with Crippen molar-refractivity contribution < 1.29 is 18.0 Å². The lowest BCUT2D eigenvalue weighted by molar-refractivity contribution is -0.140. The molecular formula is C30H37N3O4S. The van der Waals surface area contributed by atoms with E-state index in [0.29, 0.717) is 12.1 Å². The lowest BCUT2D eigenvalue weighted by Crippen LogP contribution is -2.54. The quantitative estimate of drug-likeness (QED) is 0.398. The largest absolute Gasteiger partial charge is 0.352 e. The Bertz CT molecular complexity index is 1360. The first-order valence-corrected chi connectivity index (χ1v) is 14.5. The highest BCUT2D eigenvalue weighted by atomic mass is 32.2. The maximum Gasteiger partial charge on any atom is 0.244 e. The fourth-order valence-corrected chi connectivity index (χ4v) is 5.18. The number of rotatable bonds is 11. The molecule has 1 atom stereocenters. The molecule has 3 aromatic rings. The summed E-state index contributed by atoms with van der Waals surface area (Å²) in [6.07, 6.45) is 1.38. The maximum absolute atomic E-state index is 14.0. The van der Waals surface area contributed by atoms with Crippen LogP contribution in [0.15, 0.2) is 78.9 Å². The Balaban J connectivity index is 2.06. The molecule has 0 aliphatic rings. The van der Waals surface area contributed by atoms with E-state index in [-0.39, 0.29) is 18.5 Å². The number of hydrogen-bond acceptors (Lipinski definition) is 4. The number of nitrogens with one attached hydrogen (secondary N) is 1. The molecule has 1 unspecified atom stereocenters. The van der Waals surface area contributed by atoms with E-state index >= 15 is 0 Å². The highest BCUT2D eigenvalue weighted by Crippen LogP contribution is 2.21. The third-order valence-electron chi connectivity index (χ3n) is 6.11. The summed E-state index contributed by atoms with van der Waals surface area (Å²) in [4.78, 5) is 29.0. The monoisotopic (exact) mass is 535 g/mol. The topological polar surface area (TPSA) is 86.8 Å². The lowest BCUT2D eigenvalue weighted by atomic mass is 10.0. The van der Waals surface area contributed by atoms with Crippen LogP contribution in [0.3, 0.4) is 0 Å². The zero-order chi connectivity index (χ0) is 27.9. The molecule has 0 fully saturated rings. The summed E-state index contributed by atoms with van der Waals surface area (Å²) >= 11 is 0. The molecule has 0 radical (unpaired) electrons. The molecule has 0 spiro atoms. The minimum atomic E-state index is -3.78. The Morgan fingerprint density at radius 2 is 1.45 bits per heavy atom. The molecule has 0 saturated heterocycles. The molecule has 0 bridgehead atoms. The third-order valence-corrected chi connectivity index (χ3v) is 7.25. The van der Waals surface area contributed by atoms with Crippen LogP contribution in [0.4, 0.5) is 5.69 Å². The molecular weight excluding hydrogens is 498 g/mol. The maximum atomic E-state index is 14.0. The Kier molecular flexibility index (Phi) is 9.69. The Hall–Kier alpha value is -3.65. The molecule has 3 rings (SSSR count). The van der Waals surface area contributed by atoms with Crippen molar-refractivity contribution in [1.29, 1.82) is 0 Å². The SMILES string of the molecule is Cc1cccc(CN(C(=O)CN(c2cccc(C)c2)S(C)(=O)=O)C(Cc2ccccc2)C(=O)NC(C)C)c1. The van der Waals surface area contributed by atoms with E-state index in [9.17, 15) is 18.0 Å². The van der Waals surface area contributed by atoms with E-state index in [1.807, 2.05) is 88.4 Å². The molecule has 202 valence electrons. The summed E-state index contributed by atoms with van der Waals surface area (Å²) in [5.41, 5.74) is 4.06. The van der Waals surface area contributed by atoms with Crippen LogP contribution in [0.1, 0.15) is 36.1 Å². The van der Waals surface area contributed by atoms with Crippen LogP contribution in [0.2, 0.25) is 0 Å². The van der Waals surface area contributed by atoms with Crippen LogP contribution >= 0.6 is 0 Å². The average Bonchev–Trinajstić information content (AvgIpc) is 2.84. The van der Waals surface area contributed by atoms with Crippen LogP contribution in [0.25, 0.3) is 0 Å². The van der Waals surface area contributed by atoms with Gasteiger partial charge in [-0.05, 0) is 56.5 Å². The minimum absolute atomic E-state index is 0.128. The Morgan fingerprint density at radius 3 is 2.03 bits per heavy atom. The van der Waals surface area contributed by atoms with Gasteiger partial charge < -0.3 is 10.2 Å². The van der Waals surface area contributed by atoms with Crippen molar-refractivity contribution in [3.05, 3.63) is 101 Å². The highest BCUT2D eigenvalue weighted by molar-refractivity contribution is 7.92. The van der Waals surface area contributed by atoms with Gasteiger partial charge in [0.25, 0.3) is 0 Å². The van der Waals surface area contributed by atoms with Gasteiger partial charge in [-0.2, -0.15) is 0 Å². The van der Waals surface area contributed by atoms with Gasteiger partial charge in [0.1, 0.15) is 12.6 Å². The van der Waals surface area contributed by atoms with Crippen LogP contribution in [0, 0.1) is 13.8 Å². The van der Waals surface area contributed by atoms with E-state index in [0.717, 1.165) is 32.8 Å². The normalized spacial score (nSPS) is 12.2. The first-order valence-electron chi connectivity index (χ1n) is 12.7. The van der Waals surface area contributed by atoms with E-state index in [4.69, 9.17) is 0 Å². The van der Waals surface area contributed by atoms with Crippen LogP contribution < -0.4 is 9.62 Å². The number of amides is 2. The molecule has 38 heavy (non-hydrogen) atoms. The number of nitrogens with zero attached hydrogens (tertiary/aromatic N) is 2. The molecule has 7 nitrogen and oxygen atoms in total. The number of aryl methyl sites for hydroxylation is 2. The third kappa shape index (κ3) is 8.18. The first kappa shape index (κ1) is 28.9. The predicted molar refractivity (Wildman–Crippen MR) is 152 cm³/mol. The summed E-state index contributed by atoms with van der Waals surface area (Å²) in [5.74, 6) is -0.746. The number of benzene rings is 3. The fraction of sp³-hybridized carbons (Fsp3) is 0.333. The molecule has 2 amide bonds. The average molecular weight is 536 g/mol. The zero-order valence-electron chi connectivity index (χ0n) is 22.7. The van der Waals surface area contributed by atoms with Gasteiger partial charge in [-0.1, -0.05) is 72.3 Å². The summed E-state index contributed by atoms with van der Waals surface area (Å²) in [5, 5.41) is 2.95. The molecule has 0 aromatic heterocycles. The van der Waals surface area contributed by atoms with Crippen molar-refractivity contribution in [1.82, 2.24) is 10.2 Å². The van der Waals surface area contributed by atoms with Crippen molar-refractivity contribution in [2.45, 2.75) is 52.7 Å². The smallest absolute Gasteiger partial charge is 0.244 e. The molecule has 0 aliphatic heterocycles. The van der Waals surface area contributed by atoms with Gasteiger partial charge >= 0.3 is 0 Å². The van der Waals surface area contributed by atoms with Crippen LogP contribution in [-0.2, 0) is 32.6 Å². The number of carbonyl (C=O) groups is 2. The summed E-state index contributed by atoms with van der Waals surface area (Å²) in [7, 11) is -3.78. The molecule has 0 heterocycles. The van der Waals surface area contributed by atoms with Crippen molar-refractivity contribution >= 4 is 27.5 Å². The standard InChI is InChI=1S/C30H37N3O4S/c1-22(2)31-30(35)28(19-25-13-7-6-8-14-25)32(20-26-15-9-11-23(3)17-26)29(34)21-33(38(5,36)37)27-16-10-12-24(4)18-27/h6-18,22,28H,19-21H2,1-5H3,(H,31,35). The van der Waals surface area contributed by atoms with Gasteiger partial charge in [-0.15, -0.1) is 0 Å². The molecule has 8 heteroatoms. The van der Waals surface area contributed by atoms with Gasteiger partial charge in [-0.3, -0.25) is 13.9 Å². The minimum Gasteiger partial charge on any atom is -0.352 e. The summed E-state index contributed by atoms with van der Waals surface area (Å²) in [6, 6.07) is 23.3. The van der Waals surface area contributed by atoms with E-state index in [2.05, 4.69) is 5.32 Å². The van der Waals surface area contributed by atoms with Gasteiger partial charge in [0.05, 0.1) is 11.9 Å². The van der Waals surface area contributed by atoms with Crippen LogP contribution in [0.5, 0.6) is 0 Å². The fourth-order valence-electron chi connectivity index (χ4n) is 4.34. The van der Waals surface area contributed by atoms with Gasteiger partial charge in [0.15, 0.2) is 0 Å². The van der Waals surface area contributed by atoms with Crippen molar-refractivity contribution in [3.63, 3.8) is 0 Å². The Labute approximate surface area is 226 Å². The Morgan fingerprint density at radius 1 is 0.842 bits per heavy atom. The number of sulfonamides is 1. The molecule has 1 N–H and O–H groups in total. The lowest BCUT2D eigenvalue weighted by Gasteiger charge is -2.34. The van der Waals surface area contributed by atoms with Gasteiger partial charge in [0.2, 0.25) is 21.8 Å². The molecule has 3 aromatic carbocycles. The summed E-state index contributed by atoms with van der Waals surface area (Å²) < 4.78 is 26.7. The second kappa shape index (κ2) is 12.7. The van der Waals surface area contributed by atoms with E-state index < -0.39 is 28.5 Å². The highest BCUT2D eigenvalue weighted by Gasteiger charge is 2.33. The van der Waals surface area contributed by atoms with Crippen molar-refractivity contribution in [3.8, 4) is 0 Å². The molecule has 0 aliphatic carbocycles. The van der Waals surface area contributed by atoms with Crippen molar-refractivity contribution in [2.24, 2.45) is 0 Å². The van der Waals surface area contributed by atoms with Gasteiger partial charge in [-0.25, -0.2) is 8.42 Å². The number of hydrogen-bond donors (Lipinski definition) is 1. The van der Waals surface area contributed by atoms with Crippen LogP contribution in [-0.4, -0.2) is 50.0 Å². The zero-order valence-corrected chi connectivity index (χ0v) is 23.5. The number of anilines is 1. The van der Waals surface area contributed by atoms with E-state index in [1.165, 1.54) is 4.90 Å².